The summed E-state index contributed by atoms with van der Waals surface area (Å²) in [5, 5.41) is 8.38. The van der Waals surface area contributed by atoms with E-state index in [0.717, 1.165) is 25.0 Å². The third-order valence-corrected chi connectivity index (χ3v) is 1.67. The Morgan fingerprint density at radius 3 is 3.09 bits per heavy atom. The zero-order valence-electron chi connectivity index (χ0n) is 6.38. The van der Waals surface area contributed by atoms with Crippen molar-refractivity contribution in [1.82, 2.24) is 0 Å². The van der Waals surface area contributed by atoms with Gasteiger partial charge in [0.15, 0.2) is 0 Å². The molecule has 0 aromatic carbocycles. The van der Waals surface area contributed by atoms with Crippen molar-refractivity contribution in [3.05, 3.63) is 11.8 Å². The van der Waals surface area contributed by atoms with E-state index < -0.39 is 5.97 Å². The maximum Gasteiger partial charge on any atom is 0.303 e. The summed E-state index contributed by atoms with van der Waals surface area (Å²) in [6.07, 6.45) is 4.57. The summed E-state index contributed by atoms with van der Waals surface area (Å²) in [6, 6.07) is 0. The van der Waals surface area contributed by atoms with E-state index in [1.165, 1.54) is 0 Å². The minimum absolute atomic E-state index is 0.217. The largest absolute Gasteiger partial charge is 0.501 e. The van der Waals surface area contributed by atoms with Crippen LogP contribution in [0.3, 0.4) is 0 Å². The molecule has 0 aliphatic carbocycles. The summed E-state index contributed by atoms with van der Waals surface area (Å²) in [4.78, 5) is 10.2. The van der Waals surface area contributed by atoms with Crippen LogP contribution in [0.2, 0.25) is 0 Å². The van der Waals surface area contributed by atoms with Gasteiger partial charge in [0.2, 0.25) is 0 Å². The lowest BCUT2D eigenvalue weighted by Gasteiger charge is -2.12. The molecule has 0 unspecified atom stereocenters. The summed E-state index contributed by atoms with van der Waals surface area (Å²) in [7, 11) is 0. The topological polar surface area (TPSA) is 46.5 Å². The lowest BCUT2D eigenvalue weighted by atomic mass is 10.1. The molecule has 3 heteroatoms. The van der Waals surface area contributed by atoms with E-state index in [9.17, 15) is 4.79 Å². The number of aliphatic carboxylic acids is 1. The number of hydrogen-bond acceptors (Lipinski definition) is 2. The van der Waals surface area contributed by atoms with Crippen molar-refractivity contribution in [2.45, 2.75) is 25.7 Å². The maximum atomic E-state index is 10.2. The van der Waals surface area contributed by atoms with E-state index in [1.807, 2.05) is 0 Å². The Hall–Kier alpha value is -0.990. The first kappa shape index (κ1) is 8.11. The van der Waals surface area contributed by atoms with Crippen molar-refractivity contribution < 1.29 is 14.6 Å². The molecule has 1 rings (SSSR count). The van der Waals surface area contributed by atoms with Crippen LogP contribution < -0.4 is 0 Å². The molecule has 62 valence electrons. The number of rotatable bonds is 3. The first-order chi connectivity index (χ1) is 5.29. The Labute approximate surface area is 65.7 Å². The van der Waals surface area contributed by atoms with Gasteiger partial charge in [0.1, 0.15) is 0 Å². The van der Waals surface area contributed by atoms with Crippen LogP contribution in [-0.4, -0.2) is 17.7 Å². The average molecular weight is 156 g/mol. The second-order valence-electron chi connectivity index (χ2n) is 2.64. The summed E-state index contributed by atoms with van der Waals surface area (Å²) >= 11 is 0. The SMILES string of the molecule is O=C(O)CCC1=COCCC1. The molecule has 1 aliphatic rings. The lowest BCUT2D eigenvalue weighted by molar-refractivity contribution is -0.136. The van der Waals surface area contributed by atoms with Gasteiger partial charge in [-0.1, -0.05) is 0 Å². The van der Waals surface area contributed by atoms with E-state index in [4.69, 9.17) is 9.84 Å². The summed E-state index contributed by atoms with van der Waals surface area (Å²) in [5.41, 5.74) is 1.12. The highest BCUT2D eigenvalue weighted by atomic mass is 16.5. The van der Waals surface area contributed by atoms with Crippen LogP contribution >= 0.6 is 0 Å². The van der Waals surface area contributed by atoms with Crippen LogP contribution in [0.1, 0.15) is 25.7 Å². The molecular formula is C8H12O3. The predicted octanol–water partition coefficient (Wildman–Crippen LogP) is 1.55. The quantitative estimate of drug-likeness (QED) is 0.674. The summed E-state index contributed by atoms with van der Waals surface area (Å²) < 4.78 is 5.06. The Kier molecular flexibility index (Phi) is 2.95. The third kappa shape index (κ3) is 3.07. The minimum Gasteiger partial charge on any atom is -0.501 e. The van der Waals surface area contributed by atoms with Gasteiger partial charge in [0.05, 0.1) is 12.9 Å². The molecular weight excluding hydrogens is 144 g/mol. The standard InChI is InChI=1S/C8H12O3/c9-8(10)4-3-7-2-1-5-11-6-7/h6H,1-5H2,(H,9,10). The van der Waals surface area contributed by atoms with Crippen LogP contribution in [0, 0.1) is 0 Å². The highest BCUT2D eigenvalue weighted by Crippen LogP contribution is 2.16. The highest BCUT2D eigenvalue weighted by molar-refractivity contribution is 5.67. The smallest absolute Gasteiger partial charge is 0.303 e. The molecule has 11 heavy (non-hydrogen) atoms. The van der Waals surface area contributed by atoms with Gasteiger partial charge >= 0.3 is 5.97 Å². The van der Waals surface area contributed by atoms with Gasteiger partial charge in [0.25, 0.3) is 0 Å². The van der Waals surface area contributed by atoms with Gasteiger partial charge in [-0.2, -0.15) is 0 Å². The van der Waals surface area contributed by atoms with Crippen molar-refractivity contribution in [3.63, 3.8) is 0 Å². The molecule has 0 amide bonds. The third-order valence-electron chi connectivity index (χ3n) is 1.67. The van der Waals surface area contributed by atoms with Gasteiger partial charge in [-0.15, -0.1) is 0 Å². The summed E-state index contributed by atoms with van der Waals surface area (Å²) in [6.45, 7) is 0.774. The molecule has 0 atom stereocenters. The average Bonchev–Trinajstić information content (AvgIpc) is 2.03. The van der Waals surface area contributed by atoms with Crippen LogP contribution in [0.25, 0.3) is 0 Å². The number of carboxylic acids is 1. The lowest BCUT2D eigenvalue weighted by Crippen LogP contribution is -2.01. The second-order valence-corrected chi connectivity index (χ2v) is 2.64. The van der Waals surface area contributed by atoms with Crippen LogP contribution in [0.15, 0.2) is 11.8 Å². The molecule has 1 N–H and O–H groups in total. The van der Waals surface area contributed by atoms with Gasteiger partial charge < -0.3 is 9.84 Å². The van der Waals surface area contributed by atoms with Crippen molar-refractivity contribution in [3.8, 4) is 0 Å². The molecule has 3 nitrogen and oxygen atoms in total. The molecule has 0 saturated carbocycles. The van der Waals surface area contributed by atoms with Gasteiger partial charge in [-0.05, 0) is 24.8 Å². The fraction of sp³-hybridized carbons (Fsp3) is 0.625. The second kappa shape index (κ2) is 4.01. The molecule has 1 aliphatic heterocycles. The van der Waals surface area contributed by atoms with Gasteiger partial charge in [0, 0.05) is 6.42 Å². The molecule has 1 heterocycles. The fourth-order valence-corrected chi connectivity index (χ4v) is 1.07. The molecule has 0 saturated heterocycles. The zero-order chi connectivity index (χ0) is 8.10. The number of carboxylic acid groups (broad SMARTS) is 1. The van der Waals surface area contributed by atoms with E-state index in [2.05, 4.69) is 0 Å². The Morgan fingerprint density at radius 2 is 2.55 bits per heavy atom. The minimum atomic E-state index is -0.739. The fourth-order valence-electron chi connectivity index (χ4n) is 1.07. The van der Waals surface area contributed by atoms with E-state index in [-0.39, 0.29) is 6.42 Å². The van der Waals surface area contributed by atoms with E-state index >= 15 is 0 Å². The van der Waals surface area contributed by atoms with Crippen molar-refractivity contribution >= 4 is 5.97 Å². The Bertz CT molecular complexity index is 172. The molecule has 0 radical (unpaired) electrons. The van der Waals surface area contributed by atoms with Crippen molar-refractivity contribution in [1.29, 1.82) is 0 Å². The Balaban J connectivity index is 2.24. The number of carbonyl (C=O) groups is 1. The molecule has 0 fully saturated rings. The molecule has 0 aromatic heterocycles. The highest BCUT2D eigenvalue weighted by Gasteiger charge is 2.05. The van der Waals surface area contributed by atoms with Gasteiger partial charge in [-0.3, -0.25) is 4.79 Å². The van der Waals surface area contributed by atoms with Crippen LogP contribution in [0.5, 0.6) is 0 Å². The number of ether oxygens (including phenoxy) is 1. The molecule has 0 spiro atoms. The number of allylic oxidation sites excluding steroid dienone is 1. The van der Waals surface area contributed by atoms with E-state index in [0.29, 0.717) is 6.42 Å². The van der Waals surface area contributed by atoms with Crippen LogP contribution in [-0.2, 0) is 9.53 Å². The molecule has 0 bridgehead atoms. The first-order valence-electron chi connectivity index (χ1n) is 3.80. The van der Waals surface area contributed by atoms with E-state index in [1.54, 1.807) is 6.26 Å². The maximum absolute atomic E-state index is 10.2. The zero-order valence-corrected chi connectivity index (χ0v) is 6.38. The van der Waals surface area contributed by atoms with Crippen molar-refractivity contribution in [2.75, 3.05) is 6.61 Å². The first-order valence-corrected chi connectivity index (χ1v) is 3.80. The van der Waals surface area contributed by atoms with Gasteiger partial charge in [-0.25, -0.2) is 0 Å². The molecule has 0 aromatic rings. The Morgan fingerprint density at radius 1 is 1.73 bits per heavy atom. The normalized spacial score (nSPS) is 16.9. The predicted molar refractivity (Wildman–Crippen MR) is 40.1 cm³/mol. The number of hydrogen-bond donors (Lipinski definition) is 1. The monoisotopic (exact) mass is 156 g/mol. The summed E-state index contributed by atoms with van der Waals surface area (Å²) in [5.74, 6) is -0.739. The van der Waals surface area contributed by atoms with Crippen LogP contribution in [0.4, 0.5) is 0 Å². The van der Waals surface area contributed by atoms with Crippen molar-refractivity contribution in [2.24, 2.45) is 0 Å².